The predicted octanol–water partition coefficient (Wildman–Crippen LogP) is 4.39. The van der Waals surface area contributed by atoms with E-state index in [9.17, 15) is 33.2 Å². The van der Waals surface area contributed by atoms with Gasteiger partial charge in [0.05, 0.1) is 44.2 Å². The fraction of sp³-hybridized carbons (Fsp3) is 0.357. The SMILES string of the molecule is Cc1ccc(F)cc1C(C(=O)Nc1nccs1)N1Cc2cccc(CCCOCCOCCOCCOc3ccc4c(c3)C(=O)N(C3CCC(=O)NC3=O)C4=O)c2C1=O. The molecule has 1 aromatic heterocycles. The van der Waals surface area contributed by atoms with Crippen LogP contribution in [-0.4, -0.2) is 103 Å². The van der Waals surface area contributed by atoms with Crippen LogP contribution < -0.4 is 15.4 Å². The highest BCUT2D eigenvalue weighted by Gasteiger charge is 2.45. The third-order valence-corrected chi connectivity index (χ3v) is 10.9. The Hall–Kier alpha value is -5.88. The first-order valence-corrected chi connectivity index (χ1v) is 20.1. The molecule has 0 spiro atoms. The lowest BCUT2D eigenvalue weighted by molar-refractivity contribution is -0.136. The van der Waals surface area contributed by atoms with Gasteiger partial charge in [0.25, 0.3) is 23.6 Å². The summed E-state index contributed by atoms with van der Waals surface area (Å²) in [4.78, 5) is 83.8. The number of amides is 6. The van der Waals surface area contributed by atoms with Gasteiger partial charge in [0.2, 0.25) is 11.8 Å². The van der Waals surface area contributed by atoms with Crippen molar-refractivity contribution in [3.05, 3.63) is 111 Å². The first-order valence-electron chi connectivity index (χ1n) is 19.2. The highest BCUT2D eigenvalue weighted by molar-refractivity contribution is 7.13. The van der Waals surface area contributed by atoms with Crippen molar-refractivity contribution in [3.8, 4) is 5.75 Å². The van der Waals surface area contributed by atoms with Crippen molar-refractivity contribution >= 4 is 51.9 Å². The quantitative estimate of drug-likeness (QED) is 0.101. The molecule has 4 heterocycles. The number of hydrogen-bond acceptors (Lipinski definition) is 12. The van der Waals surface area contributed by atoms with Crippen LogP contribution in [0.25, 0.3) is 0 Å². The van der Waals surface area contributed by atoms with E-state index in [1.54, 1.807) is 30.6 Å². The van der Waals surface area contributed by atoms with E-state index in [1.807, 2.05) is 18.2 Å². The van der Waals surface area contributed by atoms with Crippen LogP contribution in [0.4, 0.5) is 9.52 Å². The Morgan fingerprint density at radius 3 is 2.41 bits per heavy atom. The van der Waals surface area contributed by atoms with Crippen molar-refractivity contribution in [2.24, 2.45) is 0 Å². The third kappa shape index (κ3) is 9.38. The lowest BCUT2D eigenvalue weighted by Gasteiger charge is -2.28. The summed E-state index contributed by atoms with van der Waals surface area (Å²) >= 11 is 1.25. The fourth-order valence-corrected chi connectivity index (χ4v) is 7.89. The van der Waals surface area contributed by atoms with Crippen LogP contribution in [0.2, 0.25) is 0 Å². The van der Waals surface area contributed by atoms with E-state index in [1.165, 1.54) is 40.5 Å². The molecular formula is C42H42FN5O10S. The first kappa shape index (κ1) is 41.3. The maximum atomic E-state index is 14.5. The van der Waals surface area contributed by atoms with Crippen LogP contribution in [-0.2, 0) is 41.6 Å². The standard InChI is InChI=1S/C42H42FN5O10S/c1-25-7-8-28(43)22-31(25)36(38(51)46-42-44-13-21-59-42)47-24-27-5-2-4-26(35(27)41(47)54)6-3-14-55-15-16-56-17-18-57-19-20-58-29-9-10-30-32(23-29)40(53)48(39(30)52)33-11-12-34(49)45-37(33)50/h2,4-5,7-10,13,21-23,33,36H,3,6,11-12,14-20,24H2,1H3,(H,44,46,51)(H,45,49,50). The summed E-state index contributed by atoms with van der Waals surface area (Å²) in [6.45, 7) is 4.24. The number of ether oxygens (including phenoxy) is 4. The van der Waals surface area contributed by atoms with Gasteiger partial charge >= 0.3 is 0 Å². The summed E-state index contributed by atoms with van der Waals surface area (Å²) in [6.07, 6.45) is 2.92. The summed E-state index contributed by atoms with van der Waals surface area (Å²) in [5.74, 6) is -3.18. The van der Waals surface area contributed by atoms with E-state index in [0.29, 0.717) is 73.4 Å². The number of thiazole rings is 1. The Labute approximate surface area is 342 Å². The van der Waals surface area contributed by atoms with Crippen LogP contribution >= 0.6 is 11.3 Å². The third-order valence-electron chi connectivity index (χ3n) is 10.2. The minimum absolute atomic E-state index is 0.0451. The molecule has 4 aromatic rings. The summed E-state index contributed by atoms with van der Waals surface area (Å²) in [6, 6.07) is 12.3. The number of aromatic nitrogens is 1. The number of nitrogens with zero attached hydrogens (tertiary/aromatic N) is 3. The Balaban J connectivity index is 0.791. The molecule has 0 radical (unpaired) electrons. The van der Waals surface area contributed by atoms with Gasteiger partial charge in [-0.2, -0.15) is 0 Å². The maximum absolute atomic E-state index is 14.5. The smallest absolute Gasteiger partial charge is 0.262 e. The second kappa shape index (κ2) is 18.8. The first-order chi connectivity index (χ1) is 28.6. The lowest BCUT2D eigenvalue weighted by atomic mass is 9.98. The highest BCUT2D eigenvalue weighted by atomic mass is 32.1. The summed E-state index contributed by atoms with van der Waals surface area (Å²) in [5, 5.41) is 7.08. The van der Waals surface area contributed by atoms with Gasteiger partial charge in [-0.05, 0) is 78.8 Å². The molecule has 6 amide bonds. The molecule has 59 heavy (non-hydrogen) atoms. The summed E-state index contributed by atoms with van der Waals surface area (Å²) in [7, 11) is 0. The van der Waals surface area contributed by atoms with Crippen molar-refractivity contribution in [1.82, 2.24) is 20.1 Å². The van der Waals surface area contributed by atoms with Gasteiger partial charge in [-0.25, -0.2) is 9.37 Å². The number of fused-ring (bicyclic) bond motifs is 2. The van der Waals surface area contributed by atoms with E-state index in [4.69, 9.17) is 18.9 Å². The number of nitrogens with one attached hydrogen (secondary N) is 2. The van der Waals surface area contributed by atoms with E-state index < -0.39 is 47.4 Å². The molecule has 2 atom stereocenters. The number of aryl methyl sites for hydroxylation is 2. The second-order valence-corrected chi connectivity index (χ2v) is 15.0. The number of carbonyl (C=O) groups is 6. The van der Waals surface area contributed by atoms with Gasteiger partial charge in [-0.1, -0.05) is 24.3 Å². The molecule has 1 fully saturated rings. The molecule has 17 heteroatoms. The number of halogens is 1. The number of hydrogen-bond donors (Lipinski definition) is 2. The molecular weight excluding hydrogens is 786 g/mol. The largest absolute Gasteiger partial charge is 0.491 e. The second-order valence-electron chi connectivity index (χ2n) is 14.1. The normalized spacial score (nSPS) is 16.6. The van der Waals surface area contributed by atoms with Gasteiger partial charge in [0.15, 0.2) is 5.13 Å². The number of anilines is 1. The van der Waals surface area contributed by atoms with Crippen LogP contribution in [0.5, 0.6) is 5.75 Å². The Bertz CT molecular complexity index is 2250. The molecule has 308 valence electrons. The minimum atomic E-state index is -1.06. The number of piperidine rings is 1. The zero-order valence-electron chi connectivity index (χ0n) is 32.2. The summed E-state index contributed by atoms with van der Waals surface area (Å²) < 4.78 is 37.1. The number of carbonyl (C=O) groups excluding carboxylic acids is 6. The van der Waals surface area contributed by atoms with Crippen molar-refractivity contribution in [3.63, 3.8) is 0 Å². The van der Waals surface area contributed by atoms with Gasteiger partial charge < -0.3 is 23.8 Å². The predicted molar refractivity (Wildman–Crippen MR) is 210 cm³/mol. The molecule has 2 N–H and O–H groups in total. The fourth-order valence-electron chi connectivity index (χ4n) is 7.36. The molecule has 0 saturated carbocycles. The number of rotatable bonds is 19. The molecule has 1 saturated heterocycles. The average Bonchev–Trinajstić information content (AvgIpc) is 3.92. The zero-order valence-corrected chi connectivity index (χ0v) is 33.0. The van der Waals surface area contributed by atoms with Crippen LogP contribution in [0, 0.1) is 12.7 Å². The van der Waals surface area contributed by atoms with E-state index in [2.05, 4.69) is 15.6 Å². The van der Waals surface area contributed by atoms with E-state index in [-0.39, 0.29) is 49.6 Å². The molecule has 0 bridgehead atoms. The molecule has 3 aromatic carbocycles. The highest BCUT2D eigenvalue weighted by Crippen LogP contribution is 2.36. The van der Waals surface area contributed by atoms with E-state index >= 15 is 0 Å². The molecule has 3 aliphatic heterocycles. The number of imide groups is 2. The zero-order chi connectivity index (χ0) is 41.5. The molecule has 0 aliphatic carbocycles. The topological polar surface area (TPSA) is 183 Å². The van der Waals surface area contributed by atoms with Crippen LogP contribution in [0.3, 0.4) is 0 Å². The number of benzene rings is 3. The van der Waals surface area contributed by atoms with Gasteiger partial charge in [-0.15, -0.1) is 11.3 Å². The molecule has 2 unspecified atom stereocenters. The summed E-state index contributed by atoms with van der Waals surface area (Å²) in [5.41, 5.74) is 3.61. The van der Waals surface area contributed by atoms with Gasteiger partial charge in [-0.3, -0.25) is 44.3 Å². The molecule has 3 aliphatic rings. The monoisotopic (exact) mass is 827 g/mol. The van der Waals surface area contributed by atoms with Crippen molar-refractivity contribution < 1.29 is 52.1 Å². The molecule has 15 nitrogen and oxygen atoms in total. The average molecular weight is 828 g/mol. The van der Waals surface area contributed by atoms with Crippen molar-refractivity contribution in [1.29, 1.82) is 0 Å². The van der Waals surface area contributed by atoms with Crippen LogP contribution in [0.1, 0.15) is 78.6 Å². The van der Waals surface area contributed by atoms with Crippen molar-refractivity contribution in [2.75, 3.05) is 51.6 Å². The molecule has 7 rings (SSSR count). The Morgan fingerprint density at radius 2 is 1.66 bits per heavy atom. The minimum Gasteiger partial charge on any atom is -0.491 e. The van der Waals surface area contributed by atoms with E-state index in [0.717, 1.165) is 16.0 Å². The van der Waals surface area contributed by atoms with Crippen molar-refractivity contribution in [2.45, 2.75) is 51.2 Å². The van der Waals surface area contributed by atoms with Gasteiger partial charge in [0.1, 0.15) is 30.3 Å². The van der Waals surface area contributed by atoms with Gasteiger partial charge in [0, 0.05) is 36.7 Å². The maximum Gasteiger partial charge on any atom is 0.262 e. The lowest BCUT2D eigenvalue weighted by Crippen LogP contribution is -2.54. The Morgan fingerprint density at radius 1 is 0.915 bits per heavy atom. The Kier molecular flexibility index (Phi) is 13.2. The van der Waals surface area contributed by atoms with Crippen LogP contribution in [0.15, 0.2) is 66.2 Å².